The van der Waals surface area contributed by atoms with Crippen LogP contribution in [-0.4, -0.2) is 19.0 Å². The van der Waals surface area contributed by atoms with E-state index in [9.17, 15) is 4.79 Å². The molecule has 0 saturated carbocycles. The number of nitrogens with zero attached hydrogens (tertiary/aromatic N) is 1. The van der Waals surface area contributed by atoms with E-state index in [1.165, 1.54) is 0 Å². The molecule has 1 aromatic carbocycles. The van der Waals surface area contributed by atoms with Gasteiger partial charge in [-0.05, 0) is 31.5 Å². The molecule has 0 aromatic heterocycles. The number of aryl methyl sites for hydroxylation is 1. The van der Waals surface area contributed by atoms with Crippen molar-refractivity contribution in [1.29, 1.82) is 0 Å². The number of amides is 1. The first-order valence-electron chi connectivity index (χ1n) is 5.32. The summed E-state index contributed by atoms with van der Waals surface area (Å²) in [6.45, 7) is 4.04. The summed E-state index contributed by atoms with van der Waals surface area (Å²) in [5.41, 5.74) is 3.10. The SMILES string of the molecule is Cc1cc(Br)cc2c1N(C)C(=O)CC(C)N2. The average Bonchev–Trinajstić information content (AvgIpc) is 2.24. The minimum Gasteiger partial charge on any atom is -0.380 e. The van der Waals surface area contributed by atoms with Gasteiger partial charge in [0.15, 0.2) is 0 Å². The van der Waals surface area contributed by atoms with Crippen LogP contribution in [0.3, 0.4) is 0 Å². The average molecular weight is 283 g/mol. The predicted octanol–water partition coefficient (Wildman–Crippen LogP) is 2.92. The molecular formula is C12H15BrN2O. The number of nitrogens with one attached hydrogen (secondary N) is 1. The highest BCUT2D eigenvalue weighted by Gasteiger charge is 2.24. The Balaban J connectivity index is 2.59. The van der Waals surface area contributed by atoms with Crippen molar-refractivity contribution >= 4 is 33.2 Å². The highest BCUT2D eigenvalue weighted by Crippen LogP contribution is 2.35. The van der Waals surface area contributed by atoms with Crippen LogP contribution in [0.25, 0.3) is 0 Å². The summed E-state index contributed by atoms with van der Waals surface area (Å²) in [5.74, 6) is 0.157. The highest BCUT2D eigenvalue weighted by atomic mass is 79.9. The summed E-state index contributed by atoms with van der Waals surface area (Å²) < 4.78 is 1.03. The molecule has 0 spiro atoms. The number of carbonyl (C=O) groups is 1. The van der Waals surface area contributed by atoms with Crippen LogP contribution in [0.2, 0.25) is 0 Å². The van der Waals surface area contributed by atoms with Crippen LogP contribution in [0.1, 0.15) is 18.9 Å². The normalized spacial score (nSPS) is 20.1. The van der Waals surface area contributed by atoms with Gasteiger partial charge in [0.2, 0.25) is 5.91 Å². The second-order valence-electron chi connectivity index (χ2n) is 4.32. The van der Waals surface area contributed by atoms with Crippen LogP contribution in [0, 0.1) is 6.92 Å². The fourth-order valence-electron chi connectivity index (χ4n) is 2.13. The van der Waals surface area contributed by atoms with Crippen molar-refractivity contribution in [2.75, 3.05) is 17.3 Å². The van der Waals surface area contributed by atoms with Gasteiger partial charge in [-0.25, -0.2) is 0 Å². The standard InChI is InChI=1S/C12H15BrN2O/c1-7-4-9(13)6-10-12(7)15(3)11(16)5-8(2)14-10/h4,6,8,14H,5H2,1-3H3. The minimum absolute atomic E-state index is 0.157. The Morgan fingerprint density at radius 3 is 2.88 bits per heavy atom. The number of rotatable bonds is 0. The molecule has 1 aliphatic heterocycles. The number of fused-ring (bicyclic) bond motifs is 1. The Bertz CT molecular complexity index is 445. The lowest BCUT2D eigenvalue weighted by Gasteiger charge is -2.20. The van der Waals surface area contributed by atoms with Crippen molar-refractivity contribution in [1.82, 2.24) is 0 Å². The first kappa shape index (κ1) is 11.5. The van der Waals surface area contributed by atoms with Gasteiger partial charge >= 0.3 is 0 Å². The van der Waals surface area contributed by atoms with Crippen molar-refractivity contribution < 1.29 is 4.79 Å². The van der Waals surface area contributed by atoms with Gasteiger partial charge in [0.05, 0.1) is 11.4 Å². The number of anilines is 2. The van der Waals surface area contributed by atoms with E-state index in [4.69, 9.17) is 0 Å². The Labute approximate surface area is 104 Å². The first-order chi connectivity index (χ1) is 7.49. The van der Waals surface area contributed by atoms with Crippen LogP contribution in [0.5, 0.6) is 0 Å². The van der Waals surface area contributed by atoms with Crippen molar-refractivity contribution in [2.24, 2.45) is 0 Å². The van der Waals surface area contributed by atoms with E-state index in [0.717, 1.165) is 21.4 Å². The van der Waals surface area contributed by atoms with Crippen LogP contribution in [0.4, 0.5) is 11.4 Å². The van der Waals surface area contributed by atoms with Gasteiger partial charge in [0.1, 0.15) is 0 Å². The zero-order chi connectivity index (χ0) is 11.9. The zero-order valence-corrected chi connectivity index (χ0v) is 11.3. The molecule has 1 aromatic rings. The molecule has 2 rings (SSSR count). The molecular weight excluding hydrogens is 268 g/mol. The number of halogens is 1. The Morgan fingerprint density at radius 1 is 1.50 bits per heavy atom. The van der Waals surface area contributed by atoms with Gasteiger partial charge < -0.3 is 10.2 Å². The summed E-state index contributed by atoms with van der Waals surface area (Å²) in [7, 11) is 1.84. The Morgan fingerprint density at radius 2 is 2.19 bits per heavy atom. The number of hydrogen-bond acceptors (Lipinski definition) is 2. The lowest BCUT2D eigenvalue weighted by Crippen LogP contribution is -2.27. The van der Waals surface area contributed by atoms with Gasteiger partial charge in [-0.1, -0.05) is 15.9 Å². The van der Waals surface area contributed by atoms with E-state index < -0.39 is 0 Å². The van der Waals surface area contributed by atoms with Crippen molar-refractivity contribution in [2.45, 2.75) is 26.3 Å². The third-order valence-corrected chi connectivity index (χ3v) is 3.32. The number of carbonyl (C=O) groups excluding carboxylic acids is 1. The highest BCUT2D eigenvalue weighted by molar-refractivity contribution is 9.10. The van der Waals surface area contributed by atoms with Crippen LogP contribution in [-0.2, 0) is 4.79 Å². The van der Waals surface area contributed by atoms with Crippen LogP contribution >= 0.6 is 15.9 Å². The maximum atomic E-state index is 11.9. The summed E-state index contributed by atoms with van der Waals surface area (Å²) in [6, 6.07) is 4.22. The molecule has 4 heteroatoms. The molecule has 1 amide bonds. The van der Waals surface area contributed by atoms with Gasteiger partial charge in [-0.3, -0.25) is 4.79 Å². The molecule has 86 valence electrons. The molecule has 16 heavy (non-hydrogen) atoms. The molecule has 1 N–H and O–H groups in total. The molecule has 1 aliphatic rings. The van der Waals surface area contributed by atoms with Crippen LogP contribution in [0.15, 0.2) is 16.6 Å². The van der Waals surface area contributed by atoms with E-state index in [-0.39, 0.29) is 11.9 Å². The number of benzene rings is 1. The molecule has 0 radical (unpaired) electrons. The van der Waals surface area contributed by atoms with Crippen molar-refractivity contribution in [3.63, 3.8) is 0 Å². The Hall–Kier alpha value is -1.03. The van der Waals surface area contributed by atoms with E-state index in [1.807, 2.05) is 33.0 Å². The van der Waals surface area contributed by atoms with E-state index >= 15 is 0 Å². The Kier molecular flexibility index (Phi) is 2.93. The second kappa shape index (κ2) is 4.09. The third-order valence-electron chi connectivity index (χ3n) is 2.86. The molecule has 0 fully saturated rings. The summed E-state index contributed by atoms with van der Waals surface area (Å²) in [5, 5.41) is 3.37. The molecule has 0 saturated heterocycles. The quantitative estimate of drug-likeness (QED) is 0.794. The molecule has 0 aliphatic carbocycles. The van der Waals surface area contributed by atoms with Gasteiger partial charge in [0, 0.05) is 24.0 Å². The lowest BCUT2D eigenvalue weighted by molar-refractivity contribution is -0.118. The van der Waals surface area contributed by atoms with E-state index in [2.05, 4.69) is 21.2 Å². The van der Waals surface area contributed by atoms with Gasteiger partial charge in [-0.15, -0.1) is 0 Å². The summed E-state index contributed by atoms with van der Waals surface area (Å²) in [4.78, 5) is 13.6. The van der Waals surface area contributed by atoms with E-state index in [1.54, 1.807) is 4.90 Å². The fourth-order valence-corrected chi connectivity index (χ4v) is 2.70. The largest absolute Gasteiger partial charge is 0.380 e. The summed E-state index contributed by atoms with van der Waals surface area (Å²) in [6.07, 6.45) is 0.530. The molecule has 1 heterocycles. The monoisotopic (exact) mass is 282 g/mol. The molecule has 1 unspecified atom stereocenters. The topological polar surface area (TPSA) is 32.3 Å². The van der Waals surface area contributed by atoms with Crippen LogP contribution < -0.4 is 10.2 Å². The van der Waals surface area contributed by atoms with Crippen molar-refractivity contribution in [3.05, 3.63) is 22.2 Å². The molecule has 0 bridgehead atoms. The molecule has 3 nitrogen and oxygen atoms in total. The van der Waals surface area contributed by atoms with E-state index in [0.29, 0.717) is 6.42 Å². The lowest BCUT2D eigenvalue weighted by atomic mass is 10.1. The fraction of sp³-hybridized carbons (Fsp3) is 0.417. The predicted molar refractivity (Wildman–Crippen MR) is 70.0 cm³/mol. The smallest absolute Gasteiger partial charge is 0.228 e. The summed E-state index contributed by atoms with van der Waals surface area (Å²) >= 11 is 3.48. The number of hydrogen-bond donors (Lipinski definition) is 1. The second-order valence-corrected chi connectivity index (χ2v) is 5.24. The van der Waals surface area contributed by atoms with Gasteiger partial charge in [0.25, 0.3) is 0 Å². The zero-order valence-electron chi connectivity index (χ0n) is 9.67. The maximum absolute atomic E-state index is 11.9. The first-order valence-corrected chi connectivity index (χ1v) is 6.11. The van der Waals surface area contributed by atoms with Crippen molar-refractivity contribution in [3.8, 4) is 0 Å². The van der Waals surface area contributed by atoms with Gasteiger partial charge in [-0.2, -0.15) is 0 Å². The minimum atomic E-state index is 0.157. The third kappa shape index (κ3) is 1.94. The molecule has 1 atom stereocenters. The maximum Gasteiger partial charge on any atom is 0.228 e.